The average molecular weight is 410 g/mol. The van der Waals surface area contributed by atoms with Crippen LogP contribution in [0.15, 0.2) is 69.1 Å². The Morgan fingerprint density at radius 1 is 1.21 bits per heavy atom. The standard InChI is InChI=1S/C20H15FN4O3S/c1-12-10-17(24-28-12)23-18(26)11-29-20-22-16-5-3-2-4-15(16)19(27)25(20)14-8-6-13(21)7-9-14/h2-10H,11H2,1H3,(H,23,24,26). The maximum Gasteiger partial charge on any atom is 0.266 e. The molecule has 0 bridgehead atoms. The number of aromatic nitrogens is 3. The fourth-order valence-electron chi connectivity index (χ4n) is 2.76. The van der Waals surface area contributed by atoms with Gasteiger partial charge < -0.3 is 9.84 Å². The van der Waals surface area contributed by atoms with Crippen molar-refractivity contribution in [3.05, 3.63) is 76.5 Å². The van der Waals surface area contributed by atoms with E-state index in [2.05, 4.69) is 15.5 Å². The number of aryl methyl sites for hydroxylation is 1. The first-order valence-electron chi connectivity index (χ1n) is 8.65. The predicted molar refractivity (Wildman–Crippen MR) is 108 cm³/mol. The SMILES string of the molecule is Cc1cc(NC(=O)CSc2nc3ccccc3c(=O)n2-c2ccc(F)cc2)no1. The van der Waals surface area contributed by atoms with Crippen molar-refractivity contribution in [2.75, 3.05) is 11.1 Å². The zero-order chi connectivity index (χ0) is 20.4. The molecule has 0 unspecified atom stereocenters. The Morgan fingerprint density at radius 2 is 1.97 bits per heavy atom. The molecule has 146 valence electrons. The molecule has 0 aliphatic rings. The number of nitrogens with zero attached hydrogens (tertiary/aromatic N) is 3. The number of fused-ring (bicyclic) bond motifs is 1. The smallest absolute Gasteiger partial charge is 0.266 e. The molecule has 0 saturated carbocycles. The van der Waals surface area contributed by atoms with Crippen LogP contribution >= 0.6 is 11.8 Å². The minimum absolute atomic E-state index is 0.00210. The molecule has 29 heavy (non-hydrogen) atoms. The number of para-hydroxylation sites is 1. The Morgan fingerprint density at radius 3 is 2.69 bits per heavy atom. The third-order valence-corrected chi connectivity index (χ3v) is 5.00. The van der Waals surface area contributed by atoms with Crippen LogP contribution in [-0.2, 0) is 4.79 Å². The highest BCUT2D eigenvalue weighted by atomic mass is 32.2. The molecule has 9 heteroatoms. The molecule has 0 radical (unpaired) electrons. The van der Waals surface area contributed by atoms with Crippen LogP contribution in [0.4, 0.5) is 10.2 Å². The molecule has 0 aliphatic carbocycles. The van der Waals surface area contributed by atoms with Gasteiger partial charge in [0.15, 0.2) is 11.0 Å². The van der Waals surface area contributed by atoms with E-state index in [1.54, 1.807) is 37.3 Å². The Hall–Kier alpha value is -3.46. The molecule has 0 saturated heterocycles. The Labute approximate surface area is 168 Å². The molecule has 7 nitrogen and oxygen atoms in total. The first kappa shape index (κ1) is 18.9. The summed E-state index contributed by atoms with van der Waals surface area (Å²) in [6, 6.07) is 14.1. The lowest BCUT2D eigenvalue weighted by atomic mass is 10.2. The zero-order valence-corrected chi connectivity index (χ0v) is 16.1. The number of carbonyl (C=O) groups is 1. The van der Waals surface area contributed by atoms with Gasteiger partial charge in [0.1, 0.15) is 11.6 Å². The van der Waals surface area contributed by atoms with E-state index < -0.39 is 5.82 Å². The lowest BCUT2D eigenvalue weighted by molar-refractivity contribution is -0.113. The molecule has 0 atom stereocenters. The van der Waals surface area contributed by atoms with Crippen LogP contribution in [0.1, 0.15) is 5.76 Å². The average Bonchev–Trinajstić information content (AvgIpc) is 3.12. The summed E-state index contributed by atoms with van der Waals surface area (Å²) in [5.74, 6) is 0.158. The number of nitrogens with one attached hydrogen (secondary N) is 1. The Kier molecular flexibility index (Phi) is 5.13. The van der Waals surface area contributed by atoms with Crippen LogP contribution in [0, 0.1) is 12.7 Å². The van der Waals surface area contributed by atoms with E-state index in [0.29, 0.717) is 33.3 Å². The quantitative estimate of drug-likeness (QED) is 0.400. The van der Waals surface area contributed by atoms with Crippen molar-refractivity contribution >= 4 is 34.4 Å². The maximum atomic E-state index is 13.3. The summed E-state index contributed by atoms with van der Waals surface area (Å²) in [7, 11) is 0. The van der Waals surface area contributed by atoms with Gasteiger partial charge in [-0.05, 0) is 43.3 Å². The van der Waals surface area contributed by atoms with Crippen LogP contribution in [0.3, 0.4) is 0 Å². The topological polar surface area (TPSA) is 90.0 Å². The number of anilines is 1. The molecule has 4 aromatic rings. The Balaban J connectivity index is 1.68. The lowest BCUT2D eigenvalue weighted by Crippen LogP contribution is -2.23. The largest absolute Gasteiger partial charge is 0.360 e. The van der Waals surface area contributed by atoms with Crippen LogP contribution in [0.5, 0.6) is 0 Å². The highest BCUT2D eigenvalue weighted by molar-refractivity contribution is 7.99. The number of hydrogen-bond acceptors (Lipinski definition) is 6. The minimum Gasteiger partial charge on any atom is -0.360 e. The number of thioether (sulfide) groups is 1. The zero-order valence-electron chi connectivity index (χ0n) is 15.3. The van der Waals surface area contributed by atoms with Crippen LogP contribution in [0.25, 0.3) is 16.6 Å². The molecule has 0 aliphatic heterocycles. The highest BCUT2D eigenvalue weighted by Gasteiger charge is 2.15. The third-order valence-electron chi connectivity index (χ3n) is 4.06. The first-order valence-corrected chi connectivity index (χ1v) is 9.63. The van der Waals surface area contributed by atoms with Gasteiger partial charge >= 0.3 is 0 Å². The number of rotatable bonds is 5. The van der Waals surface area contributed by atoms with Crippen LogP contribution < -0.4 is 10.9 Å². The van der Waals surface area contributed by atoms with Crippen LogP contribution in [-0.4, -0.2) is 26.4 Å². The van der Waals surface area contributed by atoms with Gasteiger partial charge in [-0.25, -0.2) is 9.37 Å². The molecule has 4 rings (SSSR count). The van der Waals surface area contributed by atoms with E-state index in [0.717, 1.165) is 11.8 Å². The molecule has 2 aromatic heterocycles. The number of hydrogen-bond donors (Lipinski definition) is 1. The molecule has 0 fully saturated rings. The van der Waals surface area contributed by atoms with Crippen molar-refractivity contribution in [2.24, 2.45) is 0 Å². The predicted octanol–water partition coefficient (Wildman–Crippen LogP) is 3.55. The third kappa shape index (κ3) is 4.04. The Bertz CT molecular complexity index is 1250. The molecular formula is C20H15FN4O3S. The minimum atomic E-state index is -0.410. The van der Waals surface area contributed by atoms with E-state index in [1.807, 2.05) is 0 Å². The number of amides is 1. The normalized spacial score (nSPS) is 11.0. The fourth-order valence-corrected chi connectivity index (χ4v) is 3.57. The number of halogens is 1. The molecule has 2 aromatic carbocycles. The van der Waals surface area contributed by atoms with E-state index in [4.69, 9.17) is 4.52 Å². The molecule has 1 N–H and O–H groups in total. The van der Waals surface area contributed by atoms with E-state index >= 15 is 0 Å². The van der Waals surface area contributed by atoms with Crippen molar-refractivity contribution in [3.63, 3.8) is 0 Å². The second kappa shape index (κ2) is 7.88. The van der Waals surface area contributed by atoms with Gasteiger partial charge in [-0.3, -0.25) is 14.2 Å². The van der Waals surface area contributed by atoms with Gasteiger partial charge in [0.2, 0.25) is 5.91 Å². The van der Waals surface area contributed by atoms with E-state index in [9.17, 15) is 14.0 Å². The second-order valence-corrected chi connectivity index (χ2v) is 7.13. The van der Waals surface area contributed by atoms with Crippen molar-refractivity contribution in [2.45, 2.75) is 12.1 Å². The van der Waals surface area contributed by atoms with Crippen molar-refractivity contribution in [1.29, 1.82) is 0 Å². The van der Waals surface area contributed by atoms with Gasteiger partial charge in [0.05, 0.1) is 22.3 Å². The van der Waals surface area contributed by atoms with Crippen molar-refractivity contribution in [3.8, 4) is 5.69 Å². The first-order chi connectivity index (χ1) is 14.0. The van der Waals surface area contributed by atoms with Gasteiger partial charge in [-0.1, -0.05) is 29.1 Å². The number of benzene rings is 2. The summed E-state index contributed by atoms with van der Waals surface area (Å²) >= 11 is 1.10. The van der Waals surface area contributed by atoms with Gasteiger partial charge in [-0.2, -0.15) is 0 Å². The summed E-state index contributed by atoms with van der Waals surface area (Å²) in [5, 5.41) is 7.10. The van der Waals surface area contributed by atoms with Gasteiger partial charge in [-0.15, -0.1) is 0 Å². The maximum absolute atomic E-state index is 13.3. The van der Waals surface area contributed by atoms with Crippen LogP contribution in [0.2, 0.25) is 0 Å². The second-order valence-electron chi connectivity index (χ2n) is 6.19. The van der Waals surface area contributed by atoms with E-state index in [-0.39, 0.29) is 17.2 Å². The highest BCUT2D eigenvalue weighted by Crippen LogP contribution is 2.22. The summed E-state index contributed by atoms with van der Waals surface area (Å²) in [6.45, 7) is 1.72. The van der Waals surface area contributed by atoms with Gasteiger partial charge in [0, 0.05) is 6.07 Å². The summed E-state index contributed by atoms with van der Waals surface area (Å²) in [4.78, 5) is 29.9. The van der Waals surface area contributed by atoms with Crippen molar-refractivity contribution < 1.29 is 13.7 Å². The lowest BCUT2D eigenvalue weighted by Gasteiger charge is -2.13. The van der Waals surface area contributed by atoms with Crippen molar-refractivity contribution in [1.82, 2.24) is 14.7 Å². The molecule has 0 spiro atoms. The summed E-state index contributed by atoms with van der Waals surface area (Å²) in [6.07, 6.45) is 0. The molecule has 1 amide bonds. The molecule has 2 heterocycles. The number of carbonyl (C=O) groups excluding carboxylic acids is 1. The summed E-state index contributed by atoms with van der Waals surface area (Å²) in [5.41, 5.74) is 0.688. The van der Waals surface area contributed by atoms with E-state index in [1.165, 1.54) is 28.8 Å². The molecular weight excluding hydrogens is 395 g/mol. The monoisotopic (exact) mass is 410 g/mol. The summed E-state index contributed by atoms with van der Waals surface area (Å²) < 4.78 is 19.6. The fraction of sp³-hybridized carbons (Fsp3) is 0.100. The van der Waals surface area contributed by atoms with Gasteiger partial charge in [0.25, 0.3) is 5.56 Å².